The van der Waals surface area contributed by atoms with Gasteiger partial charge in [0, 0.05) is 14.8 Å². The van der Waals surface area contributed by atoms with Crippen molar-refractivity contribution in [2.75, 3.05) is 4.90 Å². The number of hydrogen-bond acceptors (Lipinski definition) is 3. The van der Waals surface area contributed by atoms with Crippen LogP contribution in [0.15, 0.2) is 60.7 Å². The van der Waals surface area contributed by atoms with Crippen molar-refractivity contribution in [3.63, 3.8) is 0 Å². The monoisotopic (exact) mass is 544 g/mol. The summed E-state index contributed by atoms with van der Waals surface area (Å²) in [5.74, 6) is -0.242. The van der Waals surface area contributed by atoms with Crippen molar-refractivity contribution in [2.24, 2.45) is 0 Å². The number of aliphatic hydroxyl groups excluding tert-OH is 1. The van der Waals surface area contributed by atoms with Gasteiger partial charge in [-0.1, -0.05) is 42.5 Å². The van der Waals surface area contributed by atoms with Crippen molar-refractivity contribution in [1.29, 1.82) is 0 Å². The number of nitrogens with one attached hydrogen (secondary N) is 1. The fourth-order valence-corrected chi connectivity index (χ4v) is 4.05. The summed E-state index contributed by atoms with van der Waals surface area (Å²) in [7, 11) is 0. The van der Waals surface area contributed by atoms with Crippen LogP contribution in [0.3, 0.4) is 0 Å². The van der Waals surface area contributed by atoms with Gasteiger partial charge in [-0.25, -0.2) is 0 Å². The van der Waals surface area contributed by atoms with Crippen LogP contribution >= 0.6 is 34.8 Å². The molecule has 3 aromatic carbocycles. The van der Waals surface area contributed by atoms with E-state index in [4.69, 9.17) is 12.2 Å². The molecule has 0 aliphatic carbocycles. The highest BCUT2D eigenvalue weighted by Crippen LogP contribution is 2.25. The van der Waals surface area contributed by atoms with Gasteiger partial charge < -0.3 is 10.0 Å². The zero-order valence-corrected chi connectivity index (χ0v) is 20.8. The van der Waals surface area contributed by atoms with Crippen LogP contribution in [0.5, 0.6) is 0 Å². The van der Waals surface area contributed by atoms with Crippen LogP contribution < -0.4 is 10.2 Å². The highest BCUT2D eigenvalue weighted by molar-refractivity contribution is 14.1. The van der Waals surface area contributed by atoms with Gasteiger partial charge in [0.15, 0.2) is 5.11 Å². The average molecular weight is 544 g/mol. The first kappa shape index (κ1) is 23.4. The van der Waals surface area contributed by atoms with Gasteiger partial charge in [0.25, 0.3) is 5.91 Å². The third-order valence-electron chi connectivity index (χ3n) is 5.17. The van der Waals surface area contributed by atoms with Gasteiger partial charge in [-0.15, -0.1) is 0 Å². The SMILES string of the molecule is Cc1ccc(C)c(N(Cc2ccccc2CO)C(=S)NC(=O)c2ccc(C)c(I)c2)c1. The topological polar surface area (TPSA) is 52.6 Å². The lowest BCUT2D eigenvalue weighted by Crippen LogP contribution is -2.43. The van der Waals surface area contributed by atoms with Gasteiger partial charge in [-0.05, 0) is 102 Å². The van der Waals surface area contributed by atoms with E-state index in [1.807, 2.05) is 68.1 Å². The van der Waals surface area contributed by atoms with E-state index < -0.39 is 0 Å². The zero-order chi connectivity index (χ0) is 22.5. The van der Waals surface area contributed by atoms with Crippen LogP contribution in [-0.4, -0.2) is 16.1 Å². The van der Waals surface area contributed by atoms with Crippen LogP contribution in [0.25, 0.3) is 0 Å². The lowest BCUT2D eigenvalue weighted by Gasteiger charge is -2.28. The molecule has 0 bridgehead atoms. The second-order valence-corrected chi connectivity index (χ2v) is 9.08. The number of halogens is 1. The molecule has 0 fully saturated rings. The van der Waals surface area contributed by atoms with Crippen LogP contribution in [0, 0.1) is 24.3 Å². The van der Waals surface area contributed by atoms with Gasteiger partial charge in [-0.3, -0.25) is 10.1 Å². The quantitative estimate of drug-likeness (QED) is 0.332. The molecule has 1 amide bonds. The summed E-state index contributed by atoms with van der Waals surface area (Å²) < 4.78 is 1.03. The van der Waals surface area contributed by atoms with Gasteiger partial charge in [0.05, 0.1) is 13.2 Å². The van der Waals surface area contributed by atoms with Crippen LogP contribution in [0.1, 0.15) is 38.2 Å². The van der Waals surface area contributed by atoms with E-state index in [0.29, 0.717) is 17.2 Å². The minimum Gasteiger partial charge on any atom is -0.392 e. The molecule has 0 saturated carbocycles. The number of aliphatic hydroxyl groups is 1. The fourth-order valence-electron chi connectivity index (χ4n) is 3.28. The Hall–Kier alpha value is -2.29. The molecule has 0 saturated heterocycles. The Balaban J connectivity index is 1.95. The standard InChI is InChI=1S/C25H25IN2O2S/c1-16-8-9-18(3)23(12-16)28(14-20-6-4-5-7-21(20)15-29)25(31)27-24(30)19-11-10-17(2)22(26)13-19/h4-13,29H,14-15H2,1-3H3,(H,27,30,31). The summed E-state index contributed by atoms with van der Waals surface area (Å²) in [5, 5.41) is 13.0. The van der Waals surface area contributed by atoms with E-state index in [1.165, 1.54) is 0 Å². The van der Waals surface area contributed by atoms with E-state index in [0.717, 1.165) is 37.1 Å². The number of rotatable bonds is 5. The second kappa shape index (κ2) is 10.3. The van der Waals surface area contributed by atoms with Crippen LogP contribution in [0.2, 0.25) is 0 Å². The largest absolute Gasteiger partial charge is 0.392 e. The number of benzene rings is 3. The first-order valence-electron chi connectivity index (χ1n) is 9.94. The third kappa shape index (κ3) is 5.70. The summed E-state index contributed by atoms with van der Waals surface area (Å²) in [5.41, 5.74) is 6.55. The van der Waals surface area contributed by atoms with Gasteiger partial charge >= 0.3 is 0 Å². The third-order valence-corrected chi connectivity index (χ3v) is 6.66. The summed E-state index contributed by atoms with van der Waals surface area (Å²) in [6, 6.07) is 19.4. The van der Waals surface area contributed by atoms with Crippen molar-refractivity contribution in [3.8, 4) is 0 Å². The molecule has 6 heteroatoms. The molecule has 0 unspecified atom stereocenters. The summed E-state index contributed by atoms with van der Waals surface area (Å²) >= 11 is 7.93. The number of aryl methyl sites for hydroxylation is 3. The molecule has 3 aromatic rings. The molecule has 0 aliphatic heterocycles. The Bertz CT molecular complexity index is 1130. The Labute approximate surface area is 202 Å². The van der Waals surface area contributed by atoms with Crippen molar-refractivity contribution >= 4 is 51.5 Å². The molecule has 0 heterocycles. The molecular weight excluding hydrogens is 519 g/mol. The lowest BCUT2D eigenvalue weighted by molar-refractivity contribution is 0.0977. The molecule has 4 nitrogen and oxygen atoms in total. The van der Waals surface area contributed by atoms with E-state index in [-0.39, 0.29) is 12.5 Å². The normalized spacial score (nSPS) is 10.6. The summed E-state index contributed by atoms with van der Waals surface area (Å²) in [4.78, 5) is 14.8. The van der Waals surface area contributed by atoms with E-state index in [2.05, 4.69) is 40.0 Å². The number of anilines is 1. The highest BCUT2D eigenvalue weighted by Gasteiger charge is 2.19. The van der Waals surface area contributed by atoms with E-state index in [1.54, 1.807) is 6.07 Å². The minimum absolute atomic E-state index is 0.0578. The lowest BCUT2D eigenvalue weighted by atomic mass is 10.1. The number of hydrogen-bond donors (Lipinski definition) is 2. The molecule has 0 aromatic heterocycles. The molecule has 31 heavy (non-hydrogen) atoms. The minimum atomic E-state index is -0.242. The fraction of sp³-hybridized carbons (Fsp3) is 0.200. The van der Waals surface area contributed by atoms with Crippen molar-refractivity contribution < 1.29 is 9.90 Å². The molecule has 0 atom stereocenters. The van der Waals surface area contributed by atoms with Gasteiger partial charge in [0.1, 0.15) is 0 Å². The van der Waals surface area contributed by atoms with Crippen molar-refractivity contribution in [2.45, 2.75) is 33.9 Å². The zero-order valence-electron chi connectivity index (χ0n) is 17.8. The first-order chi connectivity index (χ1) is 14.8. The maximum atomic E-state index is 12.9. The Morgan fingerprint density at radius 3 is 2.35 bits per heavy atom. The maximum absolute atomic E-state index is 12.9. The number of carbonyl (C=O) groups is 1. The predicted molar refractivity (Wildman–Crippen MR) is 138 cm³/mol. The molecule has 0 spiro atoms. The second-order valence-electron chi connectivity index (χ2n) is 7.53. The average Bonchev–Trinajstić information content (AvgIpc) is 2.75. The van der Waals surface area contributed by atoms with Crippen LogP contribution in [0.4, 0.5) is 5.69 Å². The van der Waals surface area contributed by atoms with Gasteiger partial charge in [-0.2, -0.15) is 0 Å². The maximum Gasteiger partial charge on any atom is 0.257 e. The molecule has 0 radical (unpaired) electrons. The van der Waals surface area contributed by atoms with Crippen LogP contribution in [-0.2, 0) is 13.2 Å². The number of thiocarbonyl (C=S) groups is 1. The van der Waals surface area contributed by atoms with Crippen molar-refractivity contribution in [3.05, 3.63) is 97.6 Å². The van der Waals surface area contributed by atoms with E-state index in [9.17, 15) is 9.90 Å². The Morgan fingerprint density at radius 1 is 1.00 bits per heavy atom. The highest BCUT2D eigenvalue weighted by atomic mass is 127. The van der Waals surface area contributed by atoms with Crippen molar-refractivity contribution in [1.82, 2.24) is 5.32 Å². The first-order valence-corrected chi connectivity index (χ1v) is 11.4. The predicted octanol–water partition coefficient (Wildman–Crippen LogP) is 5.43. The smallest absolute Gasteiger partial charge is 0.257 e. The van der Waals surface area contributed by atoms with E-state index >= 15 is 0 Å². The number of amides is 1. The molecule has 2 N–H and O–H groups in total. The molecule has 3 rings (SSSR count). The molecule has 0 aliphatic rings. The Morgan fingerprint density at radius 2 is 1.68 bits per heavy atom. The number of nitrogens with zero attached hydrogens (tertiary/aromatic N) is 1. The Kier molecular flexibility index (Phi) is 7.80. The summed E-state index contributed by atoms with van der Waals surface area (Å²) in [6.45, 7) is 6.43. The molecule has 160 valence electrons. The summed E-state index contributed by atoms with van der Waals surface area (Å²) in [6.07, 6.45) is 0. The number of carbonyl (C=O) groups excluding carboxylic acids is 1. The molecular formula is C25H25IN2O2S. The van der Waals surface area contributed by atoms with Gasteiger partial charge in [0.2, 0.25) is 0 Å².